The molecule has 0 radical (unpaired) electrons. The number of ether oxygens (including phenoxy) is 3. The molecule has 0 saturated heterocycles. The van der Waals surface area contributed by atoms with E-state index in [0.717, 1.165) is 26.1 Å². The van der Waals surface area contributed by atoms with Crippen LogP contribution < -0.4 is 19.5 Å². The van der Waals surface area contributed by atoms with Crippen LogP contribution in [0.15, 0.2) is 18.2 Å². The highest BCUT2D eigenvalue weighted by atomic mass is 16.7. The molecule has 1 aromatic carbocycles. The van der Waals surface area contributed by atoms with Gasteiger partial charge < -0.3 is 24.4 Å². The second kappa shape index (κ2) is 8.48. The Bertz CT molecular complexity index is 489. The van der Waals surface area contributed by atoms with E-state index in [0.29, 0.717) is 23.8 Å². The van der Waals surface area contributed by atoms with Crippen LogP contribution in [0.25, 0.3) is 0 Å². The van der Waals surface area contributed by atoms with Gasteiger partial charge in [0, 0.05) is 12.6 Å². The van der Waals surface area contributed by atoms with Crippen molar-refractivity contribution >= 4 is 5.91 Å². The predicted octanol–water partition coefficient (Wildman–Crippen LogP) is 1.64. The molecule has 0 fully saturated rings. The third kappa shape index (κ3) is 4.80. The van der Waals surface area contributed by atoms with E-state index in [9.17, 15) is 4.79 Å². The summed E-state index contributed by atoms with van der Waals surface area (Å²) in [5.74, 6) is 1.84. The standard InChI is InChI=1S/C16H24N2O4/c1-3-18(4-2)9-5-8-17-16(19)11-20-13-6-7-14-15(10-13)22-12-21-14/h6-7,10H,3-5,8-9,11-12H2,1-2H3,(H,17,19). The van der Waals surface area contributed by atoms with Crippen molar-refractivity contribution in [2.24, 2.45) is 0 Å². The number of carbonyl (C=O) groups excluding carboxylic acids is 1. The molecule has 1 aliphatic rings. The average molecular weight is 308 g/mol. The molecule has 122 valence electrons. The second-order valence-electron chi connectivity index (χ2n) is 5.03. The SMILES string of the molecule is CCN(CC)CCCNC(=O)COc1ccc2c(c1)OCO2. The summed E-state index contributed by atoms with van der Waals surface area (Å²) in [5, 5.41) is 2.86. The van der Waals surface area contributed by atoms with E-state index in [4.69, 9.17) is 14.2 Å². The van der Waals surface area contributed by atoms with E-state index < -0.39 is 0 Å². The lowest BCUT2D eigenvalue weighted by Gasteiger charge is -2.17. The number of hydrogen-bond acceptors (Lipinski definition) is 5. The van der Waals surface area contributed by atoms with Crippen molar-refractivity contribution in [3.05, 3.63) is 18.2 Å². The molecule has 1 aliphatic heterocycles. The third-order valence-electron chi connectivity index (χ3n) is 3.58. The Hall–Kier alpha value is -1.95. The smallest absolute Gasteiger partial charge is 0.257 e. The van der Waals surface area contributed by atoms with Crippen LogP contribution in [-0.4, -0.2) is 50.4 Å². The Balaban J connectivity index is 1.63. The molecule has 0 saturated carbocycles. The van der Waals surface area contributed by atoms with Gasteiger partial charge in [-0.3, -0.25) is 4.79 Å². The van der Waals surface area contributed by atoms with Crippen molar-refractivity contribution in [2.75, 3.05) is 39.6 Å². The van der Waals surface area contributed by atoms with Gasteiger partial charge in [-0.2, -0.15) is 0 Å². The quantitative estimate of drug-likeness (QED) is 0.703. The van der Waals surface area contributed by atoms with Crippen LogP contribution in [0.2, 0.25) is 0 Å². The first-order valence-electron chi connectivity index (χ1n) is 7.74. The number of benzene rings is 1. The number of nitrogens with one attached hydrogen (secondary N) is 1. The molecule has 1 N–H and O–H groups in total. The van der Waals surface area contributed by atoms with Gasteiger partial charge in [-0.1, -0.05) is 13.8 Å². The van der Waals surface area contributed by atoms with Crippen LogP contribution in [0.1, 0.15) is 20.3 Å². The molecule has 0 bridgehead atoms. The molecular formula is C16H24N2O4. The minimum absolute atomic E-state index is 0.00487. The van der Waals surface area contributed by atoms with E-state index in [-0.39, 0.29) is 19.3 Å². The van der Waals surface area contributed by atoms with Gasteiger partial charge in [0.25, 0.3) is 5.91 Å². The molecule has 6 heteroatoms. The second-order valence-corrected chi connectivity index (χ2v) is 5.03. The van der Waals surface area contributed by atoms with Crippen LogP contribution in [0, 0.1) is 0 Å². The lowest BCUT2D eigenvalue weighted by Crippen LogP contribution is -2.32. The van der Waals surface area contributed by atoms with Crippen LogP contribution in [0.4, 0.5) is 0 Å². The zero-order valence-corrected chi connectivity index (χ0v) is 13.3. The van der Waals surface area contributed by atoms with E-state index in [1.807, 2.05) is 0 Å². The molecular weight excluding hydrogens is 284 g/mol. The minimum atomic E-state index is -0.114. The zero-order valence-electron chi connectivity index (χ0n) is 13.3. The first kappa shape index (κ1) is 16.4. The first-order chi connectivity index (χ1) is 10.7. The molecule has 2 rings (SSSR count). The van der Waals surface area contributed by atoms with Crippen molar-refractivity contribution in [3.8, 4) is 17.2 Å². The molecule has 1 heterocycles. The molecule has 6 nitrogen and oxygen atoms in total. The average Bonchev–Trinajstić information content (AvgIpc) is 3.00. The Labute approximate surface area is 131 Å². The van der Waals surface area contributed by atoms with Crippen molar-refractivity contribution < 1.29 is 19.0 Å². The summed E-state index contributed by atoms with van der Waals surface area (Å²) in [4.78, 5) is 14.1. The van der Waals surface area contributed by atoms with Gasteiger partial charge in [-0.05, 0) is 38.2 Å². The van der Waals surface area contributed by atoms with Gasteiger partial charge >= 0.3 is 0 Å². The van der Waals surface area contributed by atoms with Crippen LogP contribution in [0.3, 0.4) is 0 Å². The summed E-state index contributed by atoms with van der Waals surface area (Å²) >= 11 is 0. The van der Waals surface area contributed by atoms with Crippen molar-refractivity contribution in [1.82, 2.24) is 10.2 Å². The highest BCUT2D eigenvalue weighted by Gasteiger charge is 2.14. The summed E-state index contributed by atoms with van der Waals surface area (Å²) in [5.41, 5.74) is 0. The maximum absolute atomic E-state index is 11.7. The first-order valence-corrected chi connectivity index (χ1v) is 7.74. The van der Waals surface area contributed by atoms with E-state index in [1.165, 1.54) is 0 Å². The van der Waals surface area contributed by atoms with Gasteiger partial charge in [0.1, 0.15) is 5.75 Å². The number of amides is 1. The summed E-state index contributed by atoms with van der Waals surface area (Å²) in [7, 11) is 0. The fourth-order valence-electron chi connectivity index (χ4n) is 2.24. The fourth-order valence-corrected chi connectivity index (χ4v) is 2.24. The monoisotopic (exact) mass is 308 g/mol. The van der Waals surface area contributed by atoms with Crippen molar-refractivity contribution in [3.63, 3.8) is 0 Å². The zero-order chi connectivity index (χ0) is 15.8. The van der Waals surface area contributed by atoms with E-state index >= 15 is 0 Å². The van der Waals surface area contributed by atoms with Gasteiger partial charge in [0.2, 0.25) is 6.79 Å². The van der Waals surface area contributed by atoms with Crippen LogP contribution >= 0.6 is 0 Å². The summed E-state index contributed by atoms with van der Waals surface area (Å²) < 4.78 is 15.9. The Morgan fingerprint density at radius 2 is 2.05 bits per heavy atom. The topological polar surface area (TPSA) is 60.0 Å². The molecule has 1 amide bonds. The molecule has 1 aromatic rings. The van der Waals surface area contributed by atoms with Crippen molar-refractivity contribution in [1.29, 1.82) is 0 Å². The van der Waals surface area contributed by atoms with E-state index in [1.54, 1.807) is 18.2 Å². The number of fused-ring (bicyclic) bond motifs is 1. The number of hydrogen-bond donors (Lipinski definition) is 1. The van der Waals surface area contributed by atoms with Gasteiger partial charge in [0.15, 0.2) is 18.1 Å². The van der Waals surface area contributed by atoms with Gasteiger partial charge in [-0.15, -0.1) is 0 Å². The van der Waals surface area contributed by atoms with Crippen LogP contribution in [0.5, 0.6) is 17.2 Å². The largest absolute Gasteiger partial charge is 0.484 e. The lowest BCUT2D eigenvalue weighted by molar-refractivity contribution is -0.123. The molecule has 0 unspecified atom stereocenters. The molecule has 0 aromatic heterocycles. The fraction of sp³-hybridized carbons (Fsp3) is 0.562. The molecule has 0 atom stereocenters. The lowest BCUT2D eigenvalue weighted by atomic mass is 10.3. The van der Waals surface area contributed by atoms with Gasteiger partial charge in [-0.25, -0.2) is 0 Å². The Morgan fingerprint density at radius 3 is 2.82 bits per heavy atom. The van der Waals surface area contributed by atoms with E-state index in [2.05, 4.69) is 24.1 Å². The molecule has 0 aliphatic carbocycles. The highest BCUT2D eigenvalue weighted by molar-refractivity contribution is 5.77. The Morgan fingerprint density at radius 1 is 1.27 bits per heavy atom. The number of nitrogens with zero attached hydrogens (tertiary/aromatic N) is 1. The minimum Gasteiger partial charge on any atom is -0.484 e. The summed E-state index contributed by atoms with van der Waals surface area (Å²) in [6.45, 7) is 8.25. The number of rotatable bonds is 9. The predicted molar refractivity (Wildman–Crippen MR) is 83.5 cm³/mol. The molecule has 22 heavy (non-hydrogen) atoms. The summed E-state index contributed by atoms with van der Waals surface area (Å²) in [6.07, 6.45) is 0.942. The normalized spacial score (nSPS) is 12.5. The van der Waals surface area contributed by atoms with Gasteiger partial charge in [0.05, 0.1) is 0 Å². The van der Waals surface area contributed by atoms with Crippen LogP contribution in [-0.2, 0) is 4.79 Å². The summed E-state index contributed by atoms with van der Waals surface area (Å²) in [6, 6.07) is 5.27. The number of carbonyl (C=O) groups is 1. The third-order valence-corrected chi connectivity index (χ3v) is 3.58. The maximum Gasteiger partial charge on any atom is 0.257 e. The highest BCUT2D eigenvalue weighted by Crippen LogP contribution is 2.34. The Kier molecular flexibility index (Phi) is 6.33. The molecule has 0 spiro atoms. The van der Waals surface area contributed by atoms with Crippen molar-refractivity contribution in [2.45, 2.75) is 20.3 Å². The maximum atomic E-state index is 11.7.